The summed E-state index contributed by atoms with van der Waals surface area (Å²) in [5.74, 6) is -0.252. The summed E-state index contributed by atoms with van der Waals surface area (Å²) in [5.41, 5.74) is 1.71. The van der Waals surface area contributed by atoms with Gasteiger partial charge in [-0.2, -0.15) is 0 Å². The van der Waals surface area contributed by atoms with E-state index in [1.165, 1.54) is 0 Å². The van der Waals surface area contributed by atoms with Crippen LogP contribution in [0.25, 0.3) is 0 Å². The molecule has 0 aliphatic heterocycles. The molecule has 0 spiro atoms. The molecule has 4 heteroatoms. The predicted octanol–water partition coefficient (Wildman–Crippen LogP) is 4.84. The average Bonchev–Trinajstić information content (AvgIpc) is 2.42. The fourth-order valence-electron chi connectivity index (χ4n) is 1.72. The van der Waals surface area contributed by atoms with E-state index < -0.39 is 0 Å². The zero-order valence-electron chi connectivity index (χ0n) is 10.4. The molecule has 1 unspecified atom stereocenters. The van der Waals surface area contributed by atoms with Crippen LogP contribution < -0.4 is 5.32 Å². The van der Waals surface area contributed by atoms with Crippen LogP contribution >= 0.6 is 27.5 Å². The Morgan fingerprint density at radius 2 is 1.89 bits per heavy atom. The highest BCUT2D eigenvalue weighted by Crippen LogP contribution is 2.27. The molecule has 1 N–H and O–H groups in total. The van der Waals surface area contributed by atoms with Crippen molar-refractivity contribution >= 4 is 39.1 Å². The van der Waals surface area contributed by atoms with Crippen molar-refractivity contribution in [1.29, 1.82) is 0 Å². The highest BCUT2D eigenvalue weighted by atomic mass is 79.9. The zero-order chi connectivity index (χ0) is 13.8. The number of amides is 1. The van der Waals surface area contributed by atoms with Crippen LogP contribution in [0.1, 0.15) is 18.4 Å². The maximum atomic E-state index is 12.2. The molecule has 0 saturated heterocycles. The van der Waals surface area contributed by atoms with Gasteiger partial charge in [-0.25, -0.2) is 0 Å². The van der Waals surface area contributed by atoms with Gasteiger partial charge in [-0.1, -0.05) is 41.9 Å². The van der Waals surface area contributed by atoms with Crippen LogP contribution in [-0.2, 0) is 4.79 Å². The van der Waals surface area contributed by atoms with Crippen LogP contribution in [0, 0.1) is 0 Å². The number of carbonyl (C=O) groups excluding carboxylic acids is 1. The van der Waals surface area contributed by atoms with Crippen LogP contribution in [0.15, 0.2) is 53.0 Å². The minimum atomic E-state index is -0.205. The van der Waals surface area contributed by atoms with E-state index in [4.69, 9.17) is 11.6 Å². The number of anilines is 1. The summed E-state index contributed by atoms with van der Waals surface area (Å²) in [7, 11) is 0. The van der Waals surface area contributed by atoms with Crippen molar-refractivity contribution in [2.75, 3.05) is 5.32 Å². The van der Waals surface area contributed by atoms with Gasteiger partial charge in [-0.3, -0.25) is 4.79 Å². The fourth-order valence-corrected chi connectivity index (χ4v) is 2.51. The predicted molar refractivity (Wildman–Crippen MR) is 82.6 cm³/mol. The Kier molecular flexibility index (Phi) is 4.61. The van der Waals surface area contributed by atoms with Gasteiger partial charge in [-0.05, 0) is 46.6 Å². The molecule has 2 nitrogen and oxygen atoms in total. The first-order chi connectivity index (χ1) is 9.08. The van der Waals surface area contributed by atoms with Gasteiger partial charge in [0.15, 0.2) is 0 Å². The van der Waals surface area contributed by atoms with Gasteiger partial charge >= 0.3 is 0 Å². The van der Waals surface area contributed by atoms with Crippen molar-refractivity contribution in [3.63, 3.8) is 0 Å². The van der Waals surface area contributed by atoms with Crippen molar-refractivity contribution < 1.29 is 4.79 Å². The zero-order valence-corrected chi connectivity index (χ0v) is 12.7. The first kappa shape index (κ1) is 14.1. The SMILES string of the molecule is CC(C(=O)Nc1ccc(Cl)cc1Br)c1ccccc1. The summed E-state index contributed by atoms with van der Waals surface area (Å²) >= 11 is 9.25. The molecule has 0 bridgehead atoms. The molecular weight excluding hydrogens is 326 g/mol. The summed E-state index contributed by atoms with van der Waals surface area (Å²) in [6, 6.07) is 15.0. The topological polar surface area (TPSA) is 29.1 Å². The number of hydrogen-bond acceptors (Lipinski definition) is 1. The molecule has 0 aliphatic carbocycles. The second kappa shape index (κ2) is 6.22. The fraction of sp³-hybridized carbons (Fsp3) is 0.133. The van der Waals surface area contributed by atoms with Crippen LogP contribution in [0.2, 0.25) is 5.02 Å². The van der Waals surface area contributed by atoms with Crippen LogP contribution in [-0.4, -0.2) is 5.91 Å². The Bertz CT molecular complexity index is 586. The molecular formula is C15H13BrClNO. The molecule has 0 aromatic heterocycles. The van der Waals surface area contributed by atoms with E-state index in [1.807, 2.05) is 37.3 Å². The van der Waals surface area contributed by atoms with E-state index >= 15 is 0 Å². The summed E-state index contributed by atoms with van der Waals surface area (Å²) < 4.78 is 0.772. The van der Waals surface area contributed by atoms with Crippen molar-refractivity contribution in [2.45, 2.75) is 12.8 Å². The lowest BCUT2D eigenvalue weighted by Gasteiger charge is -2.13. The van der Waals surface area contributed by atoms with Crippen molar-refractivity contribution in [2.24, 2.45) is 0 Å². The lowest BCUT2D eigenvalue weighted by atomic mass is 10.0. The number of halogens is 2. The lowest BCUT2D eigenvalue weighted by Crippen LogP contribution is -2.19. The summed E-state index contributed by atoms with van der Waals surface area (Å²) in [4.78, 5) is 12.2. The summed E-state index contributed by atoms with van der Waals surface area (Å²) in [6.45, 7) is 1.88. The number of carbonyl (C=O) groups is 1. The van der Waals surface area contributed by atoms with Gasteiger partial charge < -0.3 is 5.32 Å². The minimum Gasteiger partial charge on any atom is -0.325 e. The van der Waals surface area contributed by atoms with Gasteiger partial charge in [0, 0.05) is 9.50 Å². The Morgan fingerprint density at radius 3 is 2.53 bits per heavy atom. The monoisotopic (exact) mass is 337 g/mol. The smallest absolute Gasteiger partial charge is 0.231 e. The van der Waals surface area contributed by atoms with Gasteiger partial charge in [-0.15, -0.1) is 0 Å². The van der Waals surface area contributed by atoms with Crippen LogP contribution in [0.4, 0.5) is 5.69 Å². The molecule has 0 aliphatic rings. The number of nitrogens with one attached hydrogen (secondary N) is 1. The van der Waals surface area contributed by atoms with E-state index in [1.54, 1.807) is 18.2 Å². The third-order valence-corrected chi connectivity index (χ3v) is 3.77. The normalized spacial score (nSPS) is 11.9. The number of benzene rings is 2. The van der Waals surface area contributed by atoms with E-state index in [9.17, 15) is 4.79 Å². The maximum Gasteiger partial charge on any atom is 0.231 e. The second-order valence-corrected chi connectivity index (χ2v) is 5.54. The van der Waals surface area contributed by atoms with Crippen LogP contribution in [0.5, 0.6) is 0 Å². The van der Waals surface area contributed by atoms with E-state index in [0.29, 0.717) is 5.02 Å². The Balaban J connectivity index is 2.13. The first-order valence-corrected chi connectivity index (χ1v) is 7.06. The minimum absolute atomic E-state index is 0.0470. The quantitative estimate of drug-likeness (QED) is 0.852. The largest absolute Gasteiger partial charge is 0.325 e. The third kappa shape index (κ3) is 3.58. The molecule has 1 atom stereocenters. The standard InChI is InChI=1S/C15H13BrClNO/c1-10(11-5-3-2-4-6-11)15(19)18-14-8-7-12(17)9-13(14)16/h2-10H,1H3,(H,18,19). The van der Waals surface area contributed by atoms with E-state index in [-0.39, 0.29) is 11.8 Å². The Hall–Kier alpha value is -1.32. The molecule has 98 valence electrons. The van der Waals surface area contributed by atoms with Gasteiger partial charge in [0.2, 0.25) is 5.91 Å². The molecule has 1 amide bonds. The Morgan fingerprint density at radius 1 is 1.21 bits per heavy atom. The summed E-state index contributed by atoms with van der Waals surface area (Å²) in [6.07, 6.45) is 0. The van der Waals surface area contributed by atoms with Gasteiger partial charge in [0.1, 0.15) is 0 Å². The maximum absolute atomic E-state index is 12.2. The molecule has 19 heavy (non-hydrogen) atoms. The molecule has 0 heterocycles. The molecule has 2 aromatic rings. The average molecular weight is 339 g/mol. The van der Waals surface area contributed by atoms with Gasteiger partial charge in [0.25, 0.3) is 0 Å². The van der Waals surface area contributed by atoms with Crippen LogP contribution in [0.3, 0.4) is 0 Å². The molecule has 0 radical (unpaired) electrons. The highest BCUT2D eigenvalue weighted by molar-refractivity contribution is 9.10. The number of rotatable bonds is 3. The number of hydrogen-bond donors (Lipinski definition) is 1. The first-order valence-electron chi connectivity index (χ1n) is 5.89. The Labute approximate surface area is 125 Å². The molecule has 2 rings (SSSR count). The summed E-state index contributed by atoms with van der Waals surface area (Å²) in [5, 5.41) is 3.52. The van der Waals surface area contributed by atoms with Crippen molar-refractivity contribution in [1.82, 2.24) is 0 Å². The van der Waals surface area contributed by atoms with E-state index in [2.05, 4.69) is 21.2 Å². The van der Waals surface area contributed by atoms with E-state index in [0.717, 1.165) is 15.7 Å². The molecule has 2 aromatic carbocycles. The highest BCUT2D eigenvalue weighted by Gasteiger charge is 2.15. The second-order valence-electron chi connectivity index (χ2n) is 4.25. The van der Waals surface area contributed by atoms with Crippen molar-refractivity contribution in [3.05, 3.63) is 63.6 Å². The van der Waals surface area contributed by atoms with Crippen molar-refractivity contribution in [3.8, 4) is 0 Å². The molecule has 0 fully saturated rings. The van der Waals surface area contributed by atoms with Gasteiger partial charge in [0.05, 0.1) is 11.6 Å². The lowest BCUT2D eigenvalue weighted by molar-refractivity contribution is -0.117. The molecule has 0 saturated carbocycles. The third-order valence-electron chi connectivity index (χ3n) is 2.88.